The number of hydrogen-bond donors (Lipinski definition) is 3. The Morgan fingerprint density at radius 2 is 1.60 bits per heavy atom. The molecule has 1 fully saturated rings. The Balaban J connectivity index is 1.19. The van der Waals surface area contributed by atoms with Gasteiger partial charge in [-0.3, -0.25) is 14.4 Å². The molecular weight excluding hydrogens is 565 g/mol. The number of anilines is 1. The lowest BCUT2D eigenvalue weighted by atomic mass is 9.75. The molecule has 5 rings (SSSR count). The minimum absolute atomic E-state index is 0.0542. The molecule has 0 bridgehead atoms. The van der Waals surface area contributed by atoms with Gasteiger partial charge in [-0.1, -0.05) is 74.5 Å². The van der Waals surface area contributed by atoms with Gasteiger partial charge in [-0.05, 0) is 54.7 Å². The summed E-state index contributed by atoms with van der Waals surface area (Å²) in [7, 11) is -1.63. The second-order valence-corrected chi connectivity index (χ2v) is 12.0. The van der Waals surface area contributed by atoms with Gasteiger partial charge in [-0.15, -0.1) is 0 Å². The van der Waals surface area contributed by atoms with Crippen LogP contribution in [0.1, 0.15) is 26.7 Å². The second kappa shape index (κ2) is 15.7. The molecule has 0 spiro atoms. The van der Waals surface area contributed by atoms with Crippen molar-refractivity contribution in [3.8, 4) is 28.3 Å². The van der Waals surface area contributed by atoms with Crippen LogP contribution in [0.4, 0.5) is 5.69 Å². The fraction of sp³-hybridized carbons (Fsp3) is 0.371. The van der Waals surface area contributed by atoms with Crippen molar-refractivity contribution in [1.82, 2.24) is 20.0 Å². The third-order valence-corrected chi connectivity index (χ3v) is 8.09. The molecule has 3 aromatic carbocycles. The van der Waals surface area contributed by atoms with E-state index in [0.717, 1.165) is 67.4 Å². The standard InChI is InChI=1S/C35H44BN5O4/c1-27(2)23-34(36(43)44)37-35(42)26-41-33(28-11-5-3-6-12-28)25-32(38-41)29-13-9-16-31(24-29)45-22-10-17-39-18-20-40(21-19-39)30-14-7-4-8-15-30/h3-9,11-16,24-25,27,34,43-44H,10,17-23,26H2,1-2H3,(H,37,42). The van der Waals surface area contributed by atoms with E-state index in [9.17, 15) is 14.8 Å². The lowest BCUT2D eigenvalue weighted by molar-refractivity contribution is -0.122. The monoisotopic (exact) mass is 609 g/mol. The zero-order valence-electron chi connectivity index (χ0n) is 26.3. The fourth-order valence-corrected chi connectivity index (χ4v) is 5.76. The molecule has 1 aromatic heterocycles. The van der Waals surface area contributed by atoms with Gasteiger partial charge in [0.15, 0.2) is 0 Å². The molecule has 10 heteroatoms. The number of piperazine rings is 1. The van der Waals surface area contributed by atoms with E-state index >= 15 is 0 Å². The summed E-state index contributed by atoms with van der Waals surface area (Å²) in [5, 5.41) is 27.1. The number of carbonyl (C=O) groups is 1. The molecule has 0 aliphatic carbocycles. The van der Waals surface area contributed by atoms with Crippen LogP contribution < -0.4 is 15.0 Å². The molecule has 1 aliphatic rings. The Hall–Kier alpha value is -4.12. The summed E-state index contributed by atoms with van der Waals surface area (Å²) in [5.41, 5.74) is 4.64. The van der Waals surface area contributed by atoms with Gasteiger partial charge < -0.3 is 25.0 Å². The highest BCUT2D eigenvalue weighted by Crippen LogP contribution is 2.28. The number of nitrogens with one attached hydrogen (secondary N) is 1. The van der Waals surface area contributed by atoms with Crippen molar-refractivity contribution in [2.24, 2.45) is 5.92 Å². The molecule has 1 saturated heterocycles. The molecule has 0 radical (unpaired) electrons. The summed E-state index contributed by atoms with van der Waals surface area (Å²) in [6.07, 6.45) is 1.40. The summed E-state index contributed by atoms with van der Waals surface area (Å²) >= 11 is 0. The van der Waals surface area contributed by atoms with Crippen LogP contribution in [0, 0.1) is 5.92 Å². The van der Waals surface area contributed by atoms with Gasteiger partial charge in [0, 0.05) is 44.0 Å². The number of benzene rings is 3. The first-order chi connectivity index (χ1) is 21.9. The van der Waals surface area contributed by atoms with Crippen LogP contribution in [0.2, 0.25) is 0 Å². The molecular formula is C35H44BN5O4. The van der Waals surface area contributed by atoms with Crippen LogP contribution in [0.5, 0.6) is 5.75 Å². The van der Waals surface area contributed by atoms with Crippen molar-refractivity contribution in [3.05, 3.63) is 91.0 Å². The van der Waals surface area contributed by atoms with E-state index in [2.05, 4.69) is 45.4 Å². The molecule has 4 aromatic rings. The number of rotatable bonds is 14. The quantitative estimate of drug-likeness (QED) is 0.144. The second-order valence-electron chi connectivity index (χ2n) is 12.0. The number of amides is 1. The highest BCUT2D eigenvalue weighted by atomic mass is 16.5. The number of carbonyl (C=O) groups excluding carboxylic acids is 1. The maximum Gasteiger partial charge on any atom is 0.475 e. The van der Waals surface area contributed by atoms with E-state index in [1.807, 2.05) is 74.5 Å². The van der Waals surface area contributed by atoms with Crippen LogP contribution in [0.25, 0.3) is 22.5 Å². The fourth-order valence-electron chi connectivity index (χ4n) is 5.76. The first-order valence-electron chi connectivity index (χ1n) is 15.9. The average molecular weight is 610 g/mol. The topological polar surface area (TPSA) is 103 Å². The first kappa shape index (κ1) is 32.3. The maximum absolute atomic E-state index is 13.0. The van der Waals surface area contributed by atoms with Crippen LogP contribution in [-0.2, 0) is 11.3 Å². The van der Waals surface area contributed by atoms with E-state index in [4.69, 9.17) is 9.84 Å². The van der Waals surface area contributed by atoms with E-state index in [0.29, 0.717) is 13.0 Å². The normalized spacial score (nSPS) is 14.4. The molecule has 1 amide bonds. The van der Waals surface area contributed by atoms with Crippen LogP contribution >= 0.6 is 0 Å². The summed E-state index contributed by atoms with van der Waals surface area (Å²) in [4.78, 5) is 18.0. The van der Waals surface area contributed by atoms with Crippen molar-refractivity contribution >= 4 is 18.7 Å². The van der Waals surface area contributed by atoms with Gasteiger partial charge >= 0.3 is 7.12 Å². The molecule has 1 unspecified atom stereocenters. The Kier molecular flexibility index (Phi) is 11.3. The van der Waals surface area contributed by atoms with E-state index in [-0.39, 0.29) is 18.4 Å². The Morgan fingerprint density at radius 3 is 2.29 bits per heavy atom. The van der Waals surface area contributed by atoms with Gasteiger partial charge in [0.25, 0.3) is 0 Å². The average Bonchev–Trinajstić information content (AvgIpc) is 3.47. The van der Waals surface area contributed by atoms with Crippen molar-refractivity contribution in [3.63, 3.8) is 0 Å². The smallest absolute Gasteiger partial charge is 0.475 e. The van der Waals surface area contributed by atoms with Crippen LogP contribution in [-0.4, -0.2) is 83.0 Å². The van der Waals surface area contributed by atoms with Crippen molar-refractivity contribution in [2.75, 3.05) is 44.2 Å². The molecule has 236 valence electrons. The Labute approximate surface area is 266 Å². The summed E-state index contributed by atoms with van der Waals surface area (Å²) in [6.45, 7) is 9.69. The lowest BCUT2D eigenvalue weighted by Gasteiger charge is -2.36. The van der Waals surface area contributed by atoms with Crippen molar-refractivity contribution < 1.29 is 19.6 Å². The Bertz CT molecular complexity index is 1490. The van der Waals surface area contributed by atoms with E-state index < -0.39 is 13.1 Å². The number of hydrogen-bond acceptors (Lipinski definition) is 7. The maximum atomic E-state index is 13.0. The molecule has 2 heterocycles. The van der Waals surface area contributed by atoms with Gasteiger partial charge in [0.2, 0.25) is 5.91 Å². The lowest BCUT2D eigenvalue weighted by Crippen LogP contribution is -2.48. The number of aromatic nitrogens is 2. The highest BCUT2D eigenvalue weighted by Gasteiger charge is 2.26. The molecule has 45 heavy (non-hydrogen) atoms. The minimum Gasteiger partial charge on any atom is -0.494 e. The largest absolute Gasteiger partial charge is 0.494 e. The zero-order valence-corrected chi connectivity index (χ0v) is 26.3. The Morgan fingerprint density at radius 1 is 0.911 bits per heavy atom. The zero-order chi connectivity index (χ0) is 31.6. The number of nitrogens with zero attached hydrogens (tertiary/aromatic N) is 4. The van der Waals surface area contributed by atoms with Gasteiger partial charge in [0.05, 0.1) is 23.9 Å². The molecule has 1 atom stereocenters. The van der Waals surface area contributed by atoms with Gasteiger partial charge in [-0.25, -0.2) is 0 Å². The molecule has 0 saturated carbocycles. The summed E-state index contributed by atoms with van der Waals surface area (Å²) in [6, 6.07) is 30.3. The molecule has 1 aliphatic heterocycles. The number of ether oxygens (including phenoxy) is 1. The van der Waals surface area contributed by atoms with Gasteiger partial charge in [-0.2, -0.15) is 5.10 Å². The SMILES string of the molecule is CC(C)CC(NC(=O)Cn1nc(-c2cccc(OCCCN3CCN(c4ccccc4)CC3)c2)cc1-c1ccccc1)B(O)O. The van der Waals surface area contributed by atoms with E-state index in [1.54, 1.807) is 4.68 Å². The molecule has 9 nitrogen and oxygen atoms in total. The molecule has 3 N–H and O–H groups in total. The van der Waals surface area contributed by atoms with Crippen LogP contribution in [0.15, 0.2) is 91.0 Å². The van der Waals surface area contributed by atoms with Crippen LogP contribution in [0.3, 0.4) is 0 Å². The first-order valence-corrected chi connectivity index (χ1v) is 15.9. The van der Waals surface area contributed by atoms with E-state index in [1.165, 1.54) is 5.69 Å². The highest BCUT2D eigenvalue weighted by molar-refractivity contribution is 6.43. The third kappa shape index (κ3) is 9.20. The third-order valence-electron chi connectivity index (χ3n) is 8.09. The van der Waals surface area contributed by atoms with Crippen molar-refractivity contribution in [1.29, 1.82) is 0 Å². The summed E-state index contributed by atoms with van der Waals surface area (Å²) in [5.74, 6) is -0.110. The minimum atomic E-state index is -1.63. The predicted octanol–water partition coefficient (Wildman–Crippen LogP) is 4.35. The summed E-state index contributed by atoms with van der Waals surface area (Å²) < 4.78 is 7.82. The van der Waals surface area contributed by atoms with Gasteiger partial charge in [0.1, 0.15) is 12.3 Å². The number of para-hydroxylation sites is 1. The predicted molar refractivity (Wildman–Crippen MR) is 180 cm³/mol. The van der Waals surface area contributed by atoms with Crippen molar-refractivity contribution in [2.45, 2.75) is 39.2 Å².